The van der Waals surface area contributed by atoms with Crippen LogP contribution in [0.3, 0.4) is 0 Å². The van der Waals surface area contributed by atoms with Gasteiger partial charge in [-0.1, -0.05) is 12.2 Å². The van der Waals surface area contributed by atoms with Gasteiger partial charge in [-0.25, -0.2) is 0 Å². The van der Waals surface area contributed by atoms with Crippen molar-refractivity contribution in [3.8, 4) is 0 Å². The molecule has 3 heteroatoms. The Hall–Kier alpha value is -0.830. The van der Waals surface area contributed by atoms with Crippen LogP contribution in [0.5, 0.6) is 0 Å². The van der Waals surface area contributed by atoms with E-state index >= 15 is 0 Å². The van der Waals surface area contributed by atoms with Crippen LogP contribution < -0.4 is 5.32 Å². The number of ether oxygens (including phenoxy) is 1. The highest BCUT2D eigenvalue weighted by Gasteiger charge is 2.40. The van der Waals surface area contributed by atoms with Crippen LogP contribution >= 0.6 is 0 Å². The topological polar surface area (TPSA) is 38.3 Å². The molecule has 0 bridgehead atoms. The lowest BCUT2D eigenvalue weighted by molar-refractivity contribution is -0.157. The van der Waals surface area contributed by atoms with Gasteiger partial charge < -0.3 is 10.1 Å². The van der Waals surface area contributed by atoms with Gasteiger partial charge in [-0.05, 0) is 38.5 Å². The van der Waals surface area contributed by atoms with Gasteiger partial charge in [0.1, 0.15) is 0 Å². The van der Waals surface area contributed by atoms with Crippen LogP contribution in [0.1, 0.15) is 32.6 Å². The highest BCUT2D eigenvalue weighted by atomic mass is 16.5. The third kappa shape index (κ3) is 2.64. The quantitative estimate of drug-likeness (QED) is 0.739. The van der Waals surface area contributed by atoms with Crippen molar-refractivity contribution in [3.05, 3.63) is 12.2 Å². The molecule has 1 saturated heterocycles. The number of hydrogen-bond donors (Lipinski definition) is 1. The predicted octanol–water partition coefficient (Wildman–Crippen LogP) is 1.89. The summed E-state index contributed by atoms with van der Waals surface area (Å²) in [6, 6.07) is 0. The maximum Gasteiger partial charge on any atom is 0.230 e. The molecular formula is C13H21NO2. The first-order chi connectivity index (χ1) is 7.71. The number of amides is 1. The van der Waals surface area contributed by atoms with Crippen molar-refractivity contribution in [2.75, 3.05) is 19.8 Å². The molecule has 1 fully saturated rings. The Labute approximate surface area is 97.2 Å². The molecular weight excluding hydrogens is 202 g/mol. The molecule has 2 rings (SSSR count). The summed E-state index contributed by atoms with van der Waals surface area (Å²) in [5.74, 6) is 0.917. The van der Waals surface area contributed by atoms with Crippen molar-refractivity contribution in [2.45, 2.75) is 32.6 Å². The molecule has 0 spiro atoms. The normalized spacial score (nSPS) is 27.2. The smallest absolute Gasteiger partial charge is 0.230 e. The Bertz CT molecular complexity index is 282. The van der Waals surface area contributed by atoms with Gasteiger partial charge >= 0.3 is 0 Å². The van der Waals surface area contributed by atoms with Crippen LogP contribution in [-0.4, -0.2) is 25.7 Å². The molecule has 0 saturated carbocycles. The van der Waals surface area contributed by atoms with Crippen LogP contribution in [0.4, 0.5) is 0 Å². The predicted molar refractivity (Wildman–Crippen MR) is 63.0 cm³/mol. The van der Waals surface area contributed by atoms with Gasteiger partial charge in [-0.2, -0.15) is 0 Å². The molecule has 3 nitrogen and oxygen atoms in total. The number of carbonyl (C=O) groups excluding carboxylic acids is 1. The Kier molecular flexibility index (Phi) is 3.64. The van der Waals surface area contributed by atoms with Crippen molar-refractivity contribution >= 4 is 5.91 Å². The van der Waals surface area contributed by atoms with Crippen molar-refractivity contribution in [1.29, 1.82) is 0 Å². The largest absolute Gasteiger partial charge is 0.379 e. The van der Waals surface area contributed by atoms with Gasteiger partial charge in [0.25, 0.3) is 0 Å². The summed E-state index contributed by atoms with van der Waals surface area (Å²) in [5.41, 5.74) is -0.257. The van der Waals surface area contributed by atoms with E-state index in [9.17, 15) is 4.79 Å². The maximum absolute atomic E-state index is 11.8. The molecule has 1 N–H and O–H groups in total. The number of allylic oxidation sites excluding steroid dienone is 2. The molecule has 16 heavy (non-hydrogen) atoms. The van der Waals surface area contributed by atoms with Crippen LogP contribution in [0.2, 0.25) is 0 Å². The molecule has 1 aliphatic carbocycles. The van der Waals surface area contributed by atoms with E-state index < -0.39 is 0 Å². The molecule has 2 aliphatic rings. The van der Waals surface area contributed by atoms with E-state index in [2.05, 4.69) is 17.5 Å². The fraction of sp³-hybridized carbons (Fsp3) is 0.769. The minimum absolute atomic E-state index is 0.158. The van der Waals surface area contributed by atoms with E-state index in [1.165, 1.54) is 19.3 Å². The number of hydrogen-bond acceptors (Lipinski definition) is 2. The zero-order valence-electron chi connectivity index (χ0n) is 10.00. The summed E-state index contributed by atoms with van der Waals surface area (Å²) in [5, 5.41) is 3.03. The molecule has 0 radical (unpaired) electrons. The first kappa shape index (κ1) is 11.6. The molecule has 1 heterocycles. The molecule has 1 unspecified atom stereocenters. The van der Waals surface area contributed by atoms with Crippen molar-refractivity contribution in [1.82, 2.24) is 5.32 Å². The summed E-state index contributed by atoms with van der Waals surface area (Å²) >= 11 is 0. The van der Waals surface area contributed by atoms with Crippen molar-refractivity contribution in [3.63, 3.8) is 0 Å². The minimum Gasteiger partial charge on any atom is -0.379 e. The second kappa shape index (κ2) is 5.00. The van der Waals surface area contributed by atoms with Crippen LogP contribution in [0, 0.1) is 11.3 Å². The molecule has 1 atom stereocenters. The fourth-order valence-electron chi connectivity index (χ4n) is 2.26. The SMILES string of the molecule is CC1(C(=O)NCCC2CC=CCC2)COC1. The van der Waals surface area contributed by atoms with Crippen LogP contribution in [0.15, 0.2) is 12.2 Å². The number of carbonyl (C=O) groups is 1. The molecule has 0 aromatic heterocycles. The molecule has 1 amide bonds. The lowest BCUT2D eigenvalue weighted by Gasteiger charge is -2.36. The van der Waals surface area contributed by atoms with Gasteiger partial charge in [0, 0.05) is 6.54 Å². The maximum atomic E-state index is 11.8. The summed E-state index contributed by atoms with van der Waals surface area (Å²) in [7, 11) is 0. The Morgan fingerprint density at radius 3 is 2.88 bits per heavy atom. The first-order valence-corrected chi connectivity index (χ1v) is 6.22. The van der Waals surface area contributed by atoms with Crippen molar-refractivity contribution < 1.29 is 9.53 Å². The zero-order chi connectivity index (χ0) is 11.4. The molecule has 0 aromatic rings. The third-order valence-corrected chi connectivity index (χ3v) is 3.61. The average molecular weight is 223 g/mol. The lowest BCUT2D eigenvalue weighted by atomic mass is 9.87. The Morgan fingerprint density at radius 2 is 2.31 bits per heavy atom. The number of nitrogens with one attached hydrogen (secondary N) is 1. The van der Waals surface area contributed by atoms with Gasteiger partial charge in [0.05, 0.1) is 18.6 Å². The second-order valence-corrected chi connectivity index (χ2v) is 5.25. The van der Waals surface area contributed by atoms with Gasteiger partial charge in [-0.15, -0.1) is 0 Å². The summed E-state index contributed by atoms with van der Waals surface area (Å²) in [6.07, 6.45) is 9.26. The monoisotopic (exact) mass is 223 g/mol. The highest BCUT2D eigenvalue weighted by Crippen LogP contribution is 2.26. The first-order valence-electron chi connectivity index (χ1n) is 6.22. The summed E-state index contributed by atoms with van der Waals surface area (Å²) in [6.45, 7) is 3.93. The highest BCUT2D eigenvalue weighted by molar-refractivity contribution is 5.83. The molecule has 1 aliphatic heterocycles. The molecule has 90 valence electrons. The van der Waals surface area contributed by atoms with Crippen molar-refractivity contribution in [2.24, 2.45) is 11.3 Å². The summed E-state index contributed by atoms with van der Waals surface area (Å²) < 4.78 is 5.09. The average Bonchev–Trinajstić information content (AvgIpc) is 2.27. The van der Waals surface area contributed by atoms with Gasteiger partial charge in [0.15, 0.2) is 0 Å². The van der Waals surface area contributed by atoms with Gasteiger partial charge in [-0.3, -0.25) is 4.79 Å². The van der Waals surface area contributed by atoms with Gasteiger partial charge in [0.2, 0.25) is 5.91 Å². The Balaban J connectivity index is 1.64. The van der Waals surface area contributed by atoms with E-state index in [0.29, 0.717) is 13.2 Å². The second-order valence-electron chi connectivity index (χ2n) is 5.25. The Morgan fingerprint density at radius 1 is 1.50 bits per heavy atom. The van der Waals surface area contributed by atoms with E-state index in [0.717, 1.165) is 18.9 Å². The lowest BCUT2D eigenvalue weighted by Crippen LogP contribution is -2.52. The fourth-order valence-corrected chi connectivity index (χ4v) is 2.26. The van der Waals surface area contributed by atoms with Crippen LogP contribution in [0.25, 0.3) is 0 Å². The van der Waals surface area contributed by atoms with E-state index in [1.807, 2.05) is 6.92 Å². The minimum atomic E-state index is -0.257. The number of rotatable bonds is 4. The van der Waals surface area contributed by atoms with E-state index in [4.69, 9.17) is 4.74 Å². The third-order valence-electron chi connectivity index (χ3n) is 3.61. The molecule has 0 aromatic carbocycles. The van der Waals surface area contributed by atoms with E-state index in [-0.39, 0.29) is 11.3 Å². The standard InChI is InChI=1S/C13H21NO2/c1-13(9-16-10-13)12(15)14-8-7-11-5-3-2-4-6-11/h2-3,11H,4-10H2,1H3,(H,14,15). The van der Waals surface area contributed by atoms with Crippen LogP contribution in [-0.2, 0) is 9.53 Å². The zero-order valence-corrected chi connectivity index (χ0v) is 10.00. The summed E-state index contributed by atoms with van der Waals surface area (Å²) in [4.78, 5) is 11.8. The van der Waals surface area contributed by atoms with E-state index in [1.54, 1.807) is 0 Å².